The average molecular weight is 929 g/mol. The van der Waals surface area contributed by atoms with E-state index in [1.165, 1.54) is 74.4 Å². The van der Waals surface area contributed by atoms with Crippen molar-refractivity contribution in [3.63, 3.8) is 0 Å². The summed E-state index contributed by atoms with van der Waals surface area (Å²) in [7, 11) is 3.26. The molecule has 0 spiro atoms. The Bertz CT molecular complexity index is 2370. The first kappa shape index (κ1) is 47.6. The summed E-state index contributed by atoms with van der Waals surface area (Å²) in [5.41, 5.74) is 10.9. The first-order valence-electron chi connectivity index (χ1n) is 25.0. The van der Waals surface area contributed by atoms with Gasteiger partial charge in [-0.05, 0) is 130 Å². The topological polar surface area (TPSA) is 140 Å². The molecule has 10 heterocycles. The van der Waals surface area contributed by atoms with Gasteiger partial charge in [0, 0.05) is 71.7 Å². The van der Waals surface area contributed by atoms with E-state index >= 15 is 0 Å². The Kier molecular flexibility index (Phi) is 15.0. The van der Waals surface area contributed by atoms with Gasteiger partial charge in [0.25, 0.3) is 0 Å². The minimum atomic E-state index is 0.367. The first-order valence-corrected chi connectivity index (χ1v) is 25.0. The first-order chi connectivity index (χ1) is 33.1. The number of rotatable bonds is 12. The van der Waals surface area contributed by atoms with Gasteiger partial charge in [-0.15, -0.1) is 0 Å². The fourth-order valence-electron chi connectivity index (χ4n) is 10.7. The molecule has 364 valence electrons. The molecule has 2 atom stereocenters. The third-order valence-corrected chi connectivity index (χ3v) is 15.0. The Hall–Kier alpha value is -5.42. The largest absolute Gasteiger partial charge is 0.481 e. The maximum Gasteiger partial charge on any atom is 0.212 e. The molecule has 0 saturated carbocycles. The Morgan fingerprint density at radius 2 is 0.926 bits per heavy atom. The summed E-state index contributed by atoms with van der Waals surface area (Å²) in [4.78, 5) is 14.0. The average Bonchev–Trinajstić information content (AvgIpc) is 4.14. The number of piperidine rings is 2. The summed E-state index contributed by atoms with van der Waals surface area (Å²) in [6.45, 7) is 21.3. The molecule has 68 heavy (non-hydrogen) atoms. The second-order valence-electron chi connectivity index (χ2n) is 19.5. The normalized spacial score (nSPS) is 18.6. The molecule has 0 N–H and O–H groups in total. The number of pyridine rings is 2. The maximum atomic E-state index is 5.80. The van der Waals surface area contributed by atoms with Crippen LogP contribution in [0, 0.1) is 11.8 Å². The van der Waals surface area contributed by atoms with Crippen molar-refractivity contribution in [3.8, 4) is 45.6 Å². The highest BCUT2D eigenvalue weighted by Crippen LogP contribution is 2.35. The Morgan fingerprint density at radius 1 is 0.529 bits per heavy atom. The van der Waals surface area contributed by atoms with Crippen LogP contribution in [0.15, 0.2) is 61.4 Å². The lowest BCUT2D eigenvalue weighted by atomic mass is 9.90. The molecule has 6 aromatic rings. The minimum Gasteiger partial charge on any atom is -0.481 e. The lowest BCUT2D eigenvalue weighted by molar-refractivity contribution is 0.124. The van der Waals surface area contributed by atoms with E-state index in [9.17, 15) is 0 Å². The SMILES string of the molecule is COc1ccc(-c2nn(-c3cnn([C@@H](C)C4CCN(C(C)C)CC4)c3)c3c2CCOCC3)cn1.COc1ccc(-c2nn(-c3cnn([C@H](C)C4CCN(C(C)C)CC4)c3)c3c2CCOCC3)cn1. The Balaban J connectivity index is 0.000000170. The van der Waals surface area contributed by atoms with Crippen molar-refractivity contribution < 1.29 is 18.9 Å². The molecular weight excluding hydrogens is 857 g/mol. The second kappa shape index (κ2) is 21.5. The van der Waals surface area contributed by atoms with E-state index in [0.717, 1.165) is 59.6 Å². The number of hydrogen-bond donors (Lipinski definition) is 0. The van der Waals surface area contributed by atoms with Gasteiger partial charge in [-0.25, -0.2) is 19.3 Å². The maximum absolute atomic E-state index is 5.80. The standard InChI is InChI=1S/2C26H36N6O2/c2*1-18(2)30-11-7-20(8-12-30)19(3)31-17-22(16-28-31)32-24-10-14-34-13-9-23(24)26(29-32)21-5-6-25(33-4)27-15-21/h2*5-6,15-20H,7-14H2,1-4H3/t2*19-/m10/s1. The smallest absolute Gasteiger partial charge is 0.212 e. The molecule has 16 heteroatoms. The van der Waals surface area contributed by atoms with Crippen molar-refractivity contribution in [1.82, 2.24) is 58.9 Å². The molecule has 0 aromatic carbocycles. The minimum absolute atomic E-state index is 0.367. The van der Waals surface area contributed by atoms with Crippen LogP contribution in [-0.2, 0) is 35.2 Å². The van der Waals surface area contributed by atoms with Gasteiger partial charge in [0.1, 0.15) is 11.4 Å². The summed E-state index contributed by atoms with van der Waals surface area (Å²) in [5, 5.41) is 19.7. The van der Waals surface area contributed by atoms with Crippen LogP contribution in [-0.4, -0.2) is 138 Å². The number of likely N-dealkylation sites (tertiary alicyclic amines) is 2. The molecule has 4 aliphatic rings. The van der Waals surface area contributed by atoms with Crippen LogP contribution in [0.1, 0.15) is 102 Å². The molecule has 0 bridgehead atoms. The van der Waals surface area contributed by atoms with Crippen LogP contribution < -0.4 is 9.47 Å². The molecule has 0 amide bonds. The molecule has 0 radical (unpaired) electrons. The zero-order valence-corrected chi connectivity index (χ0v) is 41.6. The zero-order valence-electron chi connectivity index (χ0n) is 41.6. The summed E-state index contributed by atoms with van der Waals surface area (Å²) in [6.07, 6.45) is 20.1. The number of hydrogen-bond acceptors (Lipinski definition) is 12. The molecule has 10 rings (SSSR count). The van der Waals surface area contributed by atoms with Crippen LogP contribution in [0.5, 0.6) is 11.8 Å². The van der Waals surface area contributed by atoms with Gasteiger partial charge in [-0.2, -0.15) is 20.4 Å². The van der Waals surface area contributed by atoms with Crippen molar-refractivity contribution in [2.75, 3.05) is 66.8 Å². The summed E-state index contributed by atoms with van der Waals surface area (Å²) in [5.74, 6) is 2.50. The van der Waals surface area contributed by atoms with Crippen LogP contribution in [0.3, 0.4) is 0 Å². The van der Waals surface area contributed by atoms with Crippen molar-refractivity contribution >= 4 is 0 Å². The summed E-state index contributed by atoms with van der Waals surface area (Å²) < 4.78 is 30.5. The molecular formula is C52H72N12O4. The molecule has 4 aliphatic heterocycles. The van der Waals surface area contributed by atoms with E-state index in [4.69, 9.17) is 39.3 Å². The van der Waals surface area contributed by atoms with Crippen LogP contribution in [0.2, 0.25) is 0 Å². The third kappa shape index (κ3) is 10.3. The van der Waals surface area contributed by atoms with E-state index in [0.29, 0.717) is 74.2 Å². The van der Waals surface area contributed by atoms with Crippen LogP contribution in [0.25, 0.3) is 33.9 Å². The Morgan fingerprint density at radius 3 is 1.28 bits per heavy atom. The molecule has 0 unspecified atom stereocenters. The van der Waals surface area contributed by atoms with Crippen LogP contribution >= 0.6 is 0 Å². The highest BCUT2D eigenvalue weighted by atomic mass is 16.5. The fourth-order valence-corrected chi connectivity index (χ4v) is 10.7. The number of methoxy groups -OCH3 is 2. The van der Waals surface area contributed by atoms with Crippen molar-refractivity contribution in [2.45, 2.75) is 117 Å². The monoisotopic (exact) mass is 929 g/mol. The van der Waals surface area contributed by atoms with E-state index < -0.39 is 0 Å². The van der Waals surface area contributed by atoms with Crippen molar-refractivity contribution in [2.24, 2.45) is 11.8 Å². The highest BCUT2D eigenvalue weighted by molar-refractivity contribution is 5.66. The molecule has 2 saturated heterocycles. The zero-order chi connectivity index (χ0) is 47.3. The van der Waals surface area contributed by atoms with Crippen LogP contribution in [0.4, 0.5) is 0 Å². The second-order valence-corrected chi connectivity index (χ2v) is 19.5. The van der Waals surface area contributed by atoms with E-state index in [1.54, 1.807) is 14.2 Å². The lowest BCUT2D eigenvalue weighted by Crippen LogP contribution is -2.40. The number of fused-ring (bicyclic) bond motifs is 2. The van der Waals surface area contributed by atoms with Gasteiger partial charge >= 0.3 is 0 Å². The van der Waals surface area contributed by atoms with Gasteiger partial charge in [0.2, 0.25) is 11.8 Å². The molecule has 16 nitrogen and oxygen atoms in total. The lowest BCUT2D eigenvalue weighted by Gasteiger charge is -2.37. The molecule has 6 aromatic heterocycles. The van der Waals surface area contributed by atoms with Gasteiger partial charge < -0.3 is 28.7 Å². The molecule has 0 aliphatic carbocycles. The van der Waals surface area contributed by atoms with E-state index in [2.05, 4.69) is 92.4 Å². The predicted molar refractivity (Wildman–Crippen MR) is 263 cm³/mol. The highest BCUT2D eigenvalue weighted by Gasteiger charge is 2.30. The Labute approximate surface area is 401 Å². The quantitative estimate of drug-likeness (QED) is 0.118. The van der Waals surface area contributed by atoms with Crippen molar-refractivity contribution in [3.05, 3.63) is 84.0 Å². The van der Waals surface area contributed by atoms with Crippen molar-refractivity contribution in [1.29, 1.82) is 0 Å². The number of aromatic nitrogens is 10. The molecule has 2 fully saturated rings. The van der Waals surface area contributed by atoms with Gasteiger partial charge in [-0.1, -0.05) is 0 Å². The van der Waals surface area contributed by atoms with Gasteiger partial charge in [0.15, 0.2) is 0 Å². The number of ether oxygens (including phenoxy) is 4. The van der Waals surface area contributed by atoms with Gasteiger partial charge in [-0.3, -0.25) is 9.36 Å². The van der Waals surface area contributed by atoms with Gasteiger partial charge in [0.05, 0.1) is 100 Å². The predicted octanol–water partition coefficient (Wildman–Crippen LogP) is 7.87. The van der Waals surface area contributed by atoms with E-state index in [1.807, 2.05) is 49.1 Å². The fraction of sp³-hybridized carbons (Fsp3) is 0.577. The summed E-state index contributed by atoms with van der Waals surface area (Å²) in [6, 6.07) is 9.82. The number of nitrogens with zero attached hydrogens (tertiary/aromatic N) is 12. The van der Waals surface area contributed by atoms with E-state index in [-0.39, 0.29) is 0 Å². The third-order valence-electron chi connectivity index (χ3n) is 15.0. The summed E-state index contributed by atoms with van der Waals surface area (Å²) >= 11 is 0.